The number of nitro benzene ring substituents is 1. The number of hydrogen-bond acceptors (Lipinski definition) is 6. The Balaban J connectivity index is 2.24. The predicted molar refractivity (Wildman–Crippen MR) is 71.7 cm³/mol. The Bertz CT molecular complexity index is 680. The van der Waals surface area contributed by atoms with E-state index in [1.54, 1.807) is 25.1 Å². The number of aryl methyl sites for hydroxylation is 2. The fourth-order valence-electron chi connectivity index (χ4n) is 1.93. The number of carbonyl (C=O) groups is 1. The van der Waals surface area contributed by atoms with Gasteiger partial charge < -0.3 is 9.52 Å². The van der Waals surface area contributed by atoms with Crippen LogP contribution < -0.4 is 0 Å². The van der Waals surface area contributed by atoms with E-state index in [-0.39, 0.29) is 29.5 Å². The molecule has 0 radical (unpaired) electrons. The molecule has 0 saturated heterocycles. The van der Waals surface area contributed by atoms with Gasteiger partial charge in [-0.05, 0) is 19.4 Å². The summed E-state index contributed by atoms with van der Waals surface area (Å²) in [5.74, 6) is -0.568. The number of aliphatic carboxylic acids is 1. The minimum atomic E-state index is -0.899. The third-order valence-corrected chi connectivity index (χ3v) is 2.90. The number of carboxylic acids is 1. The van der Waals surface area contributed by atoms with Gasteiger partial charge in [-0.3, -0.25) is 14.9 Å². The average Bonchev–Trinajstić information content (AvgIpc) is 2.86. The van der Waals surface area contributed by atoms with E-state index in [1.165, 1.54) is 0 Å². The number of carboxylic acid groups (broad SMARTS) is 1. The third kappa shape index (κ3) is 3.41. The molecule has 0 aliphatic heterocycles. The zero-order valence-corrected chi connectivity index (χ0v) is 11.3. The van der Waals surface area contributed by atoms with Crippen LogP contribution >= 0.6 is 0 Å². The van der Waals surface area contributed by atoms with E-state index < -0.39 is 10.9 Å². The van der Waals surface area contributed by atoms with E-state index in [0.29, 0.717) is 18.4 Å². The first kappa shape index (κ1) is 14.6. The van der Waals surface area contributed by atoms with Crippen molar-refractivity contribution in [3.8, 4) is 11.5 Å². The minimum absolute atomic E-state index is 0.00229. The highest BCUT2D eigenvalue weighted by molar-refractivity contribution is 5.69. The Morgan fingerprint density at radius 2 is 2.19 bits per heavy atom. The normalized spacial score (nSPS) is 10.5. The van der Waals surface area contributed by atoms with Crippen molar-refractivity contribution in [1.29, 1.82) is 0 Å². The lowest BCUT2D eigenvalue weighted by Gasteiger charge is -2.00. The lowest BCUT2D eigenvalue weighted by Crippen LogP contribution is -1.95. The first-order valence-electron chi connectivity index (χ1n) is 6.27. The van der Waals surface area contributed by atoms with Crippen LogP contribution in [0.15, 0.2) is 22.6 Å². The maximum atomic E-state index is 11.1. The summed E-state index contributed by atoms with van der Waals surface area (Å²) in [4.78, 5) is 21.1. The molecule has 2 aromatic rings. The van der Waals surface area contributed by atoms with Crippen molar-refractivity contribution < 1.29 is 19.2 Å². The van der Waals surface area contributed by atoms with Crippen LogP contribution in [0.25, 0.3) is 11.5 Å². The molecular formula is C13H13N3O5. The zero-order chi connectivity index (χ0) is 15.4. The molecule has 0 saturated carbocycles. The van der Waals surface area contributed by atoms with Gasteiger partial charge in [-0.15, -0.1) is 10.2 Å². The SMILES string of the molecule is Cc1cccc(-c2nnc(CCCC(=O)O)o2)c1[N+](=O)[O-]. The number of nitrogens with zero attached hydrogens (tertiary/aromatic N) is 3. The van der Waals surface area contributed by atoms with Gasteiger partial charge in [0, 0.05) is 18.4 Å². The third-order valence-electron chi connectivity index (χ3n) is 2.90. The van der Waals surface area contributed by atoms with E-state index in [9.17, 15) is 14.9 Å². The van der Waals surface area contributed by atoms with Crippen LogP contribution in [-0.2, 0) is 11.2 Å². The lowest BCUT2D eigenvalue weighted by atomic mass is 10.1. The topological polar surface area (TPSA) is 119 Å². The van der Waals surface area contributed by atoms with E-state index in [1.807, 2.05) is 0 Å². The molecule has 1 heterocycles. The molecule has 0 amide bonds. The summed E-state index contributed by atoms with van der Waals surface area (Å²) in [5.41, 5.74) is 0.693. The Kier molecular flexibility index (Phi) is 4.27. The monoisotopic (exact) mass is 291 g/mol. The Labute approximate surface area is 119 Å². The smallest absolute Gasteiger partial charge is 0.303 e. The molecule has 1 aromatic heterocycles. The van der Waals surface area contributed by atoms with Gasteiger partial charge in [0.25, 0.3) is 11.6 Å². The highest BCUT2D eigenvalue weighted by atomic mass is 16.6. The van der Waals surface area contributed by atoms with Crippen molar-refractivity contribution in [2.45, 2.75) is 26.2 Å². The van der Waals surface area contributed by atoms with Crippen LogP contribution in [0.3, 0.4) is 0 Å². The molecule has 0 fully saturated rings. The zero-order valence-electron chi connectivity index (χ0n) is 11.3. The second kappa shape index (κ2) is 6.12. The van der Waals surface area contributed by atoms with Crippen LogP contribution in [0, 0.1) is 17.0 Å². The van der Waals surface area contributed by atoms with Crippen molar-refractivity contribution in [2.24, 2.45) is 0 Å². The van der Waals surface area contributed by atoms with Crippen molar-refractivity contribution in [3.63, 3.8) is 0 Å². The highest BCUT2D eigenvalue weighted by Crippen LogP contribution is 2.31. The molecule has 0 unspecified atom stereocenters. The minimum Gasteiger partial charge on any atom is -0.481 e. The Morgan fingerprint density at radius 1 is 1.43 bits per heavy atom. The summed E-state index contributed by atoms with van der Waals surface area (Å²) in [5, 5.41) is 27.3. The fourth-order valence-corrected chi connectivity index (χ4v) is 1.93. The van der Waals surface area contributed by atoms with Crippen molar-refractivity contribution in [2.75, 3.05) is 0 Å². The van der Waals surface area contributed by atoms with Gasteiger partial charge in [-0.1, -0.05) is 12.1 Å². The first-order chi connectivity index (χ1) is 9.99. The molecule has 0 atom stereocenters. The summed E-state index contributed by atoms with van der Waals surface area (Å²) in [7, 11) is 0. The Morgan fingerprint density at radius 3 is 2.86 bits per heavy atom. The highest BCUT2D eigenvalue weighted by Gasteiger charge is 2.22. The number of para-hydroxylation sites is 1. The molecule has 8 nitrogen and oxygen atoms in total. The Hall–Kier alpha value is -2.77. The van der Waals surface area contributed by atoms with Gasteiger partial charge in [0.2, 0.25) is 5.89 Å². The summed E-state index contributed by atoms with van der Waals surface area (Å²) < 4.78 is 5.38. The van der Waals surface area contributed by atoms with Crippen molar-refractivity contribution in [3.05, 3.63) is 39.8 Å². The fraction of sp³-hybridized carbons (Fsp3) is 0.308. The molecule has 110 valence electrons. The quantitative estimate of drug-likeness (QED) is 0.640. The van der Waals surface area contributed by atoms with Crippen LogP contribution in [0.1, 0.15) is 24.3 Å². The lowest BCUT2D eigenvalue weighted by molar-refractivity contribution is -0.384. The maximum absolute atomic E-state index is 11.1. The first-order valence-corrected chi connectivity index (χ1v) is 6.27. The summed E-state index contributed by atoms with van der Waals surface area (Å²) in [6.07, 6.45) is 0.689. The molecule has 2 rings (SSSR count). The number of rotatable bonds is 6. The van der Waals surface area contributed by atoms with E-state index in [2.05, 4.69) is 10.2 Å². The largest absolute Gasteiger partial charge is 0.481 e. The average molecular weight is 291 g/mol. The van der Waals surface area contributed by atoms with Gasteiger partial charge in [0.15, 0.2) is 0 Å². The number of benzene rings is 1. The van der Waals surface area contributed by atoms with Crippen molar-refractivity contribution in [1.82, 2.24) is 10.2 Å². The van der Waals surface area contributed by atoms with Crippen LogP contribution in [0.2, 0.25) is 0 Å². The van der Waals surface area contributed by atoms with Gasteiger partial charge in [0.05, 0.1) is 4.92 Å². The number of aromatic nitrogens is 2. The molecule has 0 aliphatic carbocycles. The van der Waals surface area contributed by atoms with Gasteiger partial charge >= 0.3 is 5.97 Å². The van der Waals surface area contributed by atoms with Crippen LogP contribution in [0.4, 0.5) is 5.69 Å². The molecule has 1 aromatic carbocycles. The van der Waals surface area contributed by atoms with Gasteiger partial charge in [-0.2, -0.15) is 0 Å². The number of nitro groups is 1. The summed E-state index contributed by atoms with van der Waals surface area (Å²) >= 11 is 0. The second-order valence-corrected chi connectivity index (χ2v) is 4.48. The predicted octanol–water partition coefficient (Wildman–Crippen LogP) is 2.36. The molecular weight excluding hydrogens is 278 g/mol. The van der Waals surface area contributed by atoms with Crippen LogP contribution in [-0.4, -0.2) is 26.2 Å². The molecule has 1 N–H and O–H groups in total. The van der Waals surface area contributed by atoms with E-state index >= 15 is 0 Å². The van der Waals surface area contributed by atoms with Crippen LogP contribution in [0.5, 0.6) is 0 Å². The molecule has 0 bridgehead atoms. The van der Waals surface area contributed by atoms with Crippen molar-refractivity contribution >= 4 is 11.7 Å². The van der Waals surface area contributed by atoms with Gasteiger partial charge in [0.1, 0.15) is 5.56 Å². The maximum Gasteiger partial charge on any atom is 0.303 e. The molecule has 8 heteroatoms. The second-order valence-electron chi connectivity index (χ2n) is 4.48. The van der Waals surface area contributed by atoms with E-state index in [4.69, 9.17) is 9.52 Å². The molecule has 0 spiro atoms. The van der Waals surface area contributed by atoms with E-state index in [0.717, 1.165) is 0 Å². The summed E-state index contributed by atoms with van der Waals surface area (Å²) in [6.45, 7) is 1.63. The summed E-state index contributed by atoms with van der Waals surface area (Å²) in [6, 6.07) is 4.84. The molecule has 21 heavy (non-hydrogen) atoms. The standard InChI is InChI=1S/C13H13N3O5/c1-8-4-2-5-9(12(8)16(19)20)13-15-14-10(21-13)6-3-7-11(17)18/h2,4-5H,3,6-7H2,1H3,(H,17,18). The van der Waals surface area contributed by atoms with Gasteiger partial charge in [-0.25, -0.2) is 0 Å². The molecule has 0 aliphatic rings. The number of hydrogen-bond donors (Lipinski definition) is 1.